The molecule has 31 heavy (non-hydrogen) atoms. The molecule has 0 radical (unpaired) electrons. The molecule has 2 aromatic carbocycles. The first-order valence-corrected chi connectivity index (χ1v) is 10.5. The van der Waals surface area contributed by atoms with E-state index in [-0.39, 0.29) is 30.1 Å². The Balaban J connectivity index is 1.53. The zero-order chi connectivity index (χ0) is 22.0. The van der Waals surface area contributed by atoms with Gasteiger partial charge in [0.25, 0.3) is 5.56 Å². The van der Waals surface area contributed by atoms with Gasteiger partial charge in [-0.2, -0.15) is 0 Å². The number of fused-ring (bicyclic) bond motifs is 2. The topological polar surface area (TPSA) is 93.0 Å². The summed E-state index contributed by atoms with van der Waals surface area (Å²) in [6, 6.07) is 14.7. The third kappa shape index (κ3) is 3.88. The molecular weight excluding hydrogens is 394 g/mol. The Kier molecular flexibility index (Phi) is 5.70. The van der Waals surface area contributed by atoms with Gasteiger partial charge in [-0.25, -0.2) is 9.78 Å². The van der Waals surface area contributed by atoms with Crippen LogP contribution in [0.3, 0.4) is 0 Å². The molecule has 0 unspecified atom stereocenters. The van der Waals surface area contributed by atoms with Crippen LogP contribution >= 0.6 is 0 Å². The van der Waals surface area contributed by atoms with Gasteiger partial charge in [-0.3, -0.25) is 18.7 Å². The van der Waals surface area contributed by atoms with E-state index in [2.05, 4.69) is 9.97 Å². The summed E-state index contributed by atoms with van der Waals surface area (Å²) in [6.45, 7) is 5.36. The maximum atomic E-state index is 12.9. The fraction of sp³-hybridized carbons (Fsp3) is 0.304. The predicted molar refractivity (Wildman–Crippen MR) is 120 cm³/mol. The number of carbonyl (C=O) groups excluding carboxylic acids is 1. The molecule has 0 aliphatic carbocycles. The molecule has 0 bridgehead atoms. The van der Waals surface area contributed by atoms with Gasteiger partial charge in [0.05, 0.1) is 28.5 Å². The fourth-order valence-corrected chi connectivity index (χ4v) is 3.93. The van der Waals surface area contributed by atoms with Crippen molar-refractivity contribution in [3.8, 4) is 0 Å². The second-order valence-corrected chi connectivity index (χ2v) is 7.35. The van der Waals surface area contributed by atoms with Gasteiger partial charge in [0.2, 0.25) is 5.91 Å². The van der Waals surface area contributed by atoms with Crippen LogP contribution in [0.5, 0.6) is 0 Å². The van der Waals surface area contributed by atoms with Gasteiger partial charge in [-0.05, 0) is 38.1 Å². The van der Waals surface area contributed by atoms with E-state index < -0.39 is 0 Å². The summed E-state index contributed by atoms with van der Waals surface area (Å²) >= 11 is 0. The third-order valence-corrected chi connectivity index (χ3v) is 5.53. The van der Waals surface area contributed by atoms with Crippen molar-refractivity contribution in [3.05, 3.63) is 75.2 Å². The monoisotopic (exact) mass is 419 g/mol. The number of nitrogens with zero attached hydrogens (tertiary/aromatic N) is 4. The summed E-state index contributed by atoms with van der Waals surface area (Å²) in [7, 11) is 0. The van der Waals surface area contributed by atoms with Crippen molar-refractivity contribution in [1.82, 2.24) is 24.0 Å². The minimum atomic E-state index is -0.219. The average Bonchev–Trinajstić information content (AvgIpc) is 3.06. The largest absolute Gasteiger partial charge is 0.335 e. The number of hydrogen-bond acceptors (Lipinski definition) is 4. The first kappa shape index (κ1) is 20.6. The van der Waals surface area contributed by atoms with Crippen molar-refractivity contribution in [1.29, 1.82) is 0 Å². The van der Waals surface area contributed by atoms with E-state index in [0.717, 1.165) is 11.0 Å². The number of rotatable bonds is 7. The number of nitrogens with one attached hydrogen (secondary N) is 1. The Morgan fingerprint density at radius 3 is 2.39 bits per heavy atom. The Labute approximate surface area is 178 Å². The molecule has 8 nitrogen and oxygen atoms in total. The molecule has 160 valence electrons. The van der Waals surface area contributed by atoms with Crippen molar-refractivity contribution in [2.24, 2.45) is 0 Å². The highest BCUT2D eigenvalue weighted by Crippen LogP contribution is 2.14. The van der Waals surface area contributed by atoms with E-state index in [1.807, 2.05) is 44.2 Å². The summed E-state index contributed by atoms with van der Waals surface area (Å²) in [5.74, 6) is 0.345. The molecule has 2 aromatic heterocycles. The first-order chi connectivity index (χ1) is 15.0. The number of hydrogen-bond donors (Lipinski definition) is 1. The minimum absolute atomic E-state index is 0.0986. The number of benzene rings is 2. The SMILES string of the molecule is CCN(Cc1nc2ccccc2c(=O)[nH]1)C(=O)CCn1c(=O)n(CC)c2ccccc21. The van der Waals surface area contributed by atoms with Crippen LogP contribution in [0.2, 0.25) is 0 Å². The molecule has 0 aliphatic rings. The number of aromatic amines is 1. The molecule has 0 saturated heterocycles. The standard InChI is InChI=1S/C23H25N5O3/c1-3-26(15-20-24-17-10-6-5-9-16(17)22(30)25-20)21(29)13-14-28-19-12-8-7-11-18(19)27(4-2)23(28)31/h5-12H,3-4,13-15H2,1-2H3,(H,24,25,30). The maximum Gasteiger partial charge on any atom is 0.329 e. The van der Waals surface area contributed by atoms with E-state index in [1.54, 1.807) is 32.2 Å². The summed E-state index contributed by atoms with van der Waals surface area (Å²) in [5.41, 5.74) is 1.96. The molecule has 1 N–H and O–H groups in total. The second kappa shape index (κ2) is 8.59. The van der Waals surface area contributed by atoms with E-state index >= 15 is 0 Å². The molecule has 0 spiro atoms. The van der Waals surface area contributed by atoms with Crippen LogP contribution in [0.25, 0.3) is 21.9 Å². The fourth-order valence-electron chi connectivity index (χ4n) is 3.93. The normalized spacial score (nSPS) is 11.3. The quantitative estimate of drug-likeness (QED) is 0.498. The highest BCUT2D eigenvalue weighted by Gasteiger charge is 2.17. The number of carbonyl (C=O) groups is 1. The summed E-state index contributed by atoms with van der Waals surface area (Å²) in [5, 5.41) is 0.521. The van der Waals surface area contributed by atoms with Crippen LogP contribution in [0, 0.1) is 0 Å². The van der Waals surface area contributed by atoms with Crippen molar-refractivity contribution in [2.75, 3.05) is 6.54 Å². The van der Waals surface area contributed by atoms with Gasteiger partial charge in [0.15, 0.2) is 0 Å². The zero-order valence-electron chi connectivity index (χ0n) is 17.7. The third-order valence-electron chi connectivity index (χ3n) is 5.53. The lowest BCUT2D eigenvalue weighted by Crippen LogP contribution is -2.33. The Morgan fingerprint density at radius 1 is 1.00 bits per heavy atom. The van der Waals surface area contributed by atoms with E-state index in [4.69, 9.17) is 0 Å². The van der Waals surface area contributed by atoms with E-state index in [0.29, 0.717) is 36.4 Å². The van der Waals surface area contributed by atoms with Crippen molar-refractivity contribution >= 4 is 27.8 Å². The number of aromatic nitrogens is 4. The number of para-hydroxylation sites is 3. The summed E-state index contributed by atoms with van der Waals surface area (Å²) in [4.78, 5) is 46.9. The van der Waals surface area contributed by atoms with E-state index in [1.165, 1.54) is 0 Å². The molecule has 4 aromatic rings. The number of H-pyrrole nitrogens is 1. The van der Waals surface area contributed by atoms with Gasteiger partial charge in [-0.15, -0.1) is 0 Å². The molecular formula is C23H25N5O3. The van der Waals surface area contributed by atoms with Crippen LogP contribution in [0.15, 0.2) is 58.1 Å². The van der Waals surface area contributed by atoms with Crippen LogP contribution in [0.1, 0.15) is 26.1 Å². The molecule has 4 rings (SSSR count). The van der Waals surface area contributed by atoms with Crippen molar-refractivity contribution in [2.45, 2.75) is 39.9 Å². The van der Waals surface area contributed by atoms with E-state index in [9.17, 15) is 14.4 Å². The van der Waals surface area contributed by atoms with Gasteiger partial charge >= 0.3 is 5.69 Å². The summed E-state index contributed by atoms with van der Waals surface area (Å²) in [6.07, 6.45) is 0.184. The Bertz CT molecular complexity index is 1370. The molecule has 0 saturated carbocycles. The van der Waals surface area contributed by atoms with Crippen LogP contribution in [-0.4, -0.2) is 36.5 Å². The molecule has 0 atom stereocenters. The summed E-state index contributed by atoms with van der Waals surface area (Å²) < 4.78 is 3.36. The lowest BCUT2D eigenvalue weighted by atomic mass is 10.2. The van der Waals surface area contributed by atoms with Crippen molar-refractivity contribution < 1.29 is 4.79 Å². The van der Waals surface area contributed by atoms with Gasteiger partial charge in [-0.1, -0.05) is 24.3 Å². The van der Waals surface area contributed by atoms with Crippen LogP contribution in [-0.2, 0) is 24.4 Å². The smallest absolute Gasteiger partial charge is 0.329 e. The lowest BCUT2D eigenvalue weighted by Gasteiger charge is -2.20. The first-order valence-electron chi connectivity index (χ1n) is 10.5. The predicted octanol–water partition coefficient (Wildman–Crippen LogP) is 2.50. The Morgan fingerprint density at radius 2 is 1.68 bits per heavy atom. The molecule has 2 heterocycles. The second-order valence-electron chi connectivity index (χ2n) is 7.35. The number of aryl methyl sites for hydroxylation is 2. The maximum absolute atomic E-state index is 12.9. The lowest BCUT2D eigenvalue weighted by molar-refractivity contribution is -0.131. The van der Waals surface area contributed by atoms with Crippen LogP contribution < -0.4 is 11.2 Å². The highest BCUT2D eigenvalue weighted by atomic mass is 16.2. The highest BCUT2D eigenvalue weighted by molar-refractivity contribution is 5.79. The zero-order valence-corrected chi connectivity index (χ0v) is 17.7. The molecule has 8 heteroatoms. The molecule has 0 aliphatic heterocycles. The van der Waals surface area contributed by atoms with Gasteiger partial charge < -0.3 is 9.88 Å². The number of imidazole rings is 1. The van der Waals surface area contributed by atoms with Gasteiger partial charge in [0, 0.05) is 26.1 Å². The number of amides is 1. The Hall–Kier alpha value is -3.68. The van der Waals surface area contributed by atoms with Gasteiger partial charge in [0.1, 0.15) is 5.82 Å². The molecule has 0 fully saturated rings. The van der Waals surface area contributed by atoms with Crippen molar-refractivity contribution in [3.63, 3.8) is 0 Å². The van der Waals surface area contributed by atoms with Crippen LogP contribution in [0.4, 0.5) is 0 Å². The minimum Gasteiger partial charge on any atom is -0.335 e. The average molecular weight is 419 g/mol. The molecule has 1 amide bonds.